The number of benzene rings is 1. The first-order valence-electron chi connectivity index (χ1n) is 10.4. The molecule has 0 unspecified atom stereocenters. The molecule has 1 aromatic carbocycles. The minimum absolute atomic E-state index is 0.0190. The fourth-order valence-electron chi connectivity index (χ4n) is 3.82. The maximum Gasteiger partial charge on any atom is 0.271 e. The molecule has 1 aliphatic carbocycles. The Kier molecular flexibility index (Phi) is 7.11. The Labute approximate surface area is 182 Å². The van der Waals surface area contributed by atoms with Crippen LogP contribution in [0.5, 0.6) is 0 Å². The zero-order valence-corrected chi connectivity index (χ0v) is 18.6. The molecule has 10 heteroatoms. The Morgan fingerprint density at radius 3 is 2.61 bits per heavy atom. The lowest BCUT2D eigenvalue weighted by molar-refractivity contribution is 0.0996. The molecule has 0 radical (unpaired) electrons. The minimum atomic E-state index is -3.39. The lowest BCUT2D eigenvalue weighted by atomic mass is 9.85. The average Bonchev–Trinajstić information content (AvgIpc) is 2.73. The summed E-state index contributed by atoms with van der Waals surface area (Å²) in [5, 5.41) is 16.1. The second-order valence-electron chi connectivity index (χ2n) is 7.84. The molecule has 0 spiro atoms. The summed E-state index contributed by atoms with van der Waals surface area (Å²) in [6.45, 7) is 2.00. The summed E-state index contributed by atoms with van der Waals surface area (Å²) in [6.07, 6.45) is 5.65. The van der Waals surface area contributed by atoms with Gasteiger partial charge in [-0.25, -0.2) is 18.4 Å². The van der Waals surface area contributed by atoms with Gasteiger partial charge in [0.25, 0.3) is 5.91 Å². The summed E-state index contributed by atoms with van der Waals surface area (Å²) in [5.41, 5.74) is 6.57. The fraction of sp³-hybridized carbons (Fsp3) is 0.476. The van der Waals surface area contributed by atoms with E-state index in [1.54, 1.807) is 12.1 Å². The first-order chi connectivity index (χ1) is 14.7. The van der Waals surface area contributed by atoms with Crippen molar-refractivity contribution < 1.29 is 18.3 Å². The van der Waals surface area contributed by atoms with Gasteiger partial charge >= 0.3 is 0 Å². The number of carbonyl (C=O) groups excluding carboxylic acids is 1. The summed E-state index contributed by atoms with van der Waals surface area (Å²) in [7, 11) is -3.39. The third kappa shape index (κ3) is 5.50. The van der Waals surface area contributed by atoms with Crippen molar-refractivity contribution in [3.63, 3.8) is 0 Å². The average molecular weight is 448 g/mol. The molecule has 5 N–H and O–H groups in total. The highest BCUT2D eigenvalue weighted by atomic mass is 32.2. The highest BCUT2D eigenvalue weighted by Gasteiger charge is 2.26. The largest absolute Gasteiger partial charge is 0.396 e. The van der Waals surface area contributed by atoms with E-state index >= 15 is 0 Å². The molecular weight excluding hydrogens is 418 g/mol. The number of nitrogens with zero attached hydrogens (tertiary/aromatic N) is 2. The van der Waals surface area contributed by atoms with Crippen LogP contribution < -0.4 is 16.4 Å². The van der Waals surface area contributed by atoms with Crippen LogP contribution in [0.1, 0.15) is 48.8 Å². The number of hydrogen-bond donors (Lipinski definition) is 4. The normalized spacial score (nSPS) is 19.1. The molecule has 2 aromatic rings. The van der Waals surface area contributed by atoms with Gasteiger partial charge in [0, 0.05) is 30.5 Å². The van der Waals surface area contributed by atoms with E-state index in [4.69, 9.17) is 5.73 Å². The van der Waals surface area contributed by atoms with Gasteiger partial charge in [0.2, 0.25) is 0 Å². The van der Waals surface area contributed by atoms with Crippen molar-refractivity contribution in [2.24, 2.45) is 11.7 Å². The first kappa shape index (κ1) is 23.0. The Bertz CT molecular complexity index is 1060. The second-order valence-corrected chi connectivity index (χ2v) is 9.85. The van der Waals surface area contributed by atoms with E-state index in [0.717, 1.165) is 31.9 Å². The quantitative estimate of drug-likeness (QED) is 0.482. The van der Waals surface area contributed by atoms with Crippen LogP contribution >= 0.6 is 0 Å². The van der Waals surface area contributed by atoms with E-state index in [-0.39, 0.29) is 35.0 Å². The summed E-state index contributed by atoms with van der Waals surface area (Å²) in [5.74, 6) is 0.0640. The lowest BCUT2D eigenvalue weighted by Crippen LogP contribution is -2.35. The number of sulfone groups is 1. The van der Waals surface area contributed by atoms with Gasteiger partial charge in [-0.1, -0.05) is 25.8 Å². The summed E-state index contributed by atoms with van der Waals surface area (Å²) < 4.78 is 23.7. The van der Waals surface area contributed by atoms with Crippen LogP contribution in [0.4, 0.5) is 17.3 Å². The number of amides is 1. The molecule has 168 valence electrons. The lowest BCUT2D eigenvalue weighted by Gasteiger charge is -2.31. The van der Waals surface area contributed by atoms with E-state index in [1.807, 2.05) is 6.92 Å². The topological polar surface area (TPSA) is 147 Å². The van der Waals surface area contributed by atoms with Gasteiger partial charge in [0.05, 0.1) is 10.6 Å². The number of aliphatic hydroxyl groups excluding tert-OH is 1. The first-order valence-corrected chi connectivity index (χ1v) is 12.3. The van der Waals surface area contributed by atoms with Crippen molar-refractivity contribution in [3.05, 3.63) is 35.7 Å². The summed E-state index contributed by atoms with van der Waals surface area (Å²) >= 11 is 0. The molecule has 1 fully saturated rings. The molecule has 31 heavy (non-hydrogen) atoms. The molecule has 1 aromatic heterocycles. The van der Waals surface area contributed by atoms with Gasteiger partial charge in [-0.15, -0.1) is 0 Å². The van der Waals surface area contributed by atoms with Gasteiger partial charge in [-0.2, -0.15) is 0 Å². The van der Waals surface area contributed by atoms with E-state index in [0.29, 0.717) is 23.6 Å². The van der Waals surface area contributed by atoms with Crippen LogP contribution in [0, 0.1) is 5.92 Å². The van der Waals surface area contributed by atoms with Crippen LogP contribution in [0.2, 0.25) is 0 Å². The standard InChI is InChI=1S/C21H29N5O4S/c1-3-16-20(25-17-10-5-4-7-13(17)12-27)26-21(18(24-16)19(22)28)23-14-8-6-9-15(11-14)31(2,29)30/h6,8-9,11,13,17,27H,3-5,7,10,12H2,1-2H3,(H2,22,28)(H2,23,25,26)/t13-,17-/m1/s1. The Balaban J connectivity index is 1.99. The van der Waals surface area contributed by atoms with Crippen LogP contribution in [0.15, 0.2) is 29.2 Å². The number of hydrogen-bond acceptors (Lipinski definition) is 8. The molecule has 1 saturated carbocycles. The van der Waals surface area contributed by atoms with Gasteiger partial charge in [0.15, 0.2) is 27.2 Å². The Morgan fingerprint density at radius 1 is 1.23 bits per heavy atom. The predicted molar refractivity (Wildman–Crippen MR) is 119 cm³/mol. The summed E-state index contributed by atoms with van der Waals surface area (Å²) in [6, 6.07) is 6.28. The molecule has 1 aliphatic rings. The number of carbonyl (C=O) groups is 1. The molecule has 1 heterocycles. The number of aliphatic hydroxyl groups is 1. The zero-order chi connectivity index (χ0) is 22.6. The SMILES string of the molecule is CCc1nc(C(N)=O)c(Nc2cccc(S(C)(=O)=O)c2)nc1N[C@@H]1CCCC[C@@H]1CO. The van der Waals surface area contributed by atoms with Gasteiger partial charge in [-0.05, 0) is 37.5 Å². The molecule has 1 amide bonds. The fourth-order valence-corrected chi connectivity index (χ4v) is 4.49. The number of anilines is 3. The molecule has 0 saturated heterocycles. The summed E-state index contributed by atoms with van der Waals surface area (Å²) in [4.78, 5) is 21.2. The van der Waals surface area contributed by atoms with Crippen LogP contribution in [0.3, 0.4) is 0 Å². The van der Waals surface area contributed by atoms with E-state index in [2.05, 4.69) is 20.6 Å². The van der Waals surface area contributed by atoms with Crippen molar-refractivity contribution in [1.82, 2.24) is 9.97 Å². The monoisotopic (exact) mass is 447 g/mol. The van der Waals surface area contributed by atoms with Crippen LogP contribution in [0.25, 0.3) is 0 Å². The number of rotatable bonds is 8. The van der Waals surface area contributed by atoms with Gasteiger partial charge in [-0.3, -0.25) is 4.79 Å². The van der Waals surface area contributed by atoms with Crippen LogP contribution in [-0.4, -0.2) is 48.3 Å². The van der Waals surface area contributed by atoms with Crippen molar-refractivity contribution in [2.45, 2.75) is 50.0 Å². The van der Waals surface area contributed by atoms with Gasteiger partial charge in [0.1, 0.15) is 0 Å². The van der Waals surface area contributed by atoms with Crippen LogP contribution in [-0.2, 0) is 16.3 Å². The number of nitrogens with one attached hydrogen (secondary N) is 2. The number of aromatic nitrogens is 2. The molecule has 9 nitrogen and oxygen atoms in total. The maximum atomic E-state index is 12.0. The molecule has 0 bridgehead atoms. The van der Waals surface area contributed by atoms with Crippen molar-refractivity contribution in [1.29, 1.82) is 0 Å². The third-order valence-electron chi connectivity index (χ3n) is 5.53. The number of primary amides is 1. The van der Waals surface area contributed by atoms with Crippen molar-refractivity contribution in [2.75, 3.05) is 23.5 Å². The highest BCUT2D eigenvalue weighted by molar-refractivity contribution is 7.90. The molecular formula is C21H29N5O4S. The van der Waals surface area contributed by atoms with E-state index in [1.165, 1.54) is 12.1 Å². The predicted octanol–water partition coefficient (Wildman–Crippen LogP) is 2.25. The number of aryl methyl sites for hydroxylation is 1. The van der Waals surface area contributed by atoms with Crippen molar-refractivity contribution >= 4 is 33.1 Å². The Morgan fingerprint density at radius 2 is 1.97 bits per heavy atom. The van der Waals surface area contributed by atoms with Crippen molar-refractivity contribution in [3.8, 4) is 0 Å². The molecule has 0 aliphatic heterocycles. The Hall–Kier alpha value is -2.72. The second kappa shape index (κ2) is 9.61. The van der Waals surface area contributed by atoms with E-state index in [9.17, 15) is 18.3 Å². The third-order valence-corrected chi connectivity index (χ3v) is 6.64. The highest BCUT2D eigenvalue weighted by Crippen LogP contribution is 2.29. The van der Waals surface area contributed by atoms with Gasteiger partial charge < -0.3 is 21.5 Å². The zero-order valence-electron chi connectivity index (χ0n) is 17.8. The molecule has 2 atom stereocenters. The minimum Gasteiger partial charge on any atom is -0.396 e. The number of nitrogens with two attached hydrogens (primary N) is 1. The van der Waals surface area contributed by atoms with E-state index < -0.39 is 15.7 Å². The smallest absolute Gasteiger partial charge is 0.271 e. The maximum absolute atomic E-state index is 12.0. The molecule has 3 rings (SSSR count).